The van der Waals surface area contributed by atoms with Crippen molar-refractivity contribution in [3.05, 3.63) is 76.3 Å². The fourth-order valence-corrected chi connectivity index (χ4v) is 2.65. The van der Waals surface area contributed by atoms with Crippen LogP contribution in [0, 0.1) is 5.92 Å². The zero-order valence-corrected chi connectivity index (χ0v) is 18.1. The van der Waals surface area contributed by atoms with E-state index in [0.717, 1.165) is 17.6 Å². The van der Waals surface area contributed by atoms with Crippen molar-refractivity contribution in [3.63, 3.8) is 0 Å². The first-order valence-corrected chi connectivity index (χ1v) is 10.0. The predicted molar refractivity (Wildman–Crippen MR) is 120 cm³/mol. The van der Waals surface area contributed by atoms with Gasteiger partial charge in [0, 0.05) is 21.7 Å². The molecule has 2 N–H and O–H groups in total. The lowest BCUT2D eigenvalue weighted by Gasteiger charge is -2.14. The second kappa shape index (κ2) is 11.8. The predicted octanol–water partition coefficient (Wildman–Crippen LogP) is 4.60. The SMILES string of the molecule is C/C=C/C(=N\NCc1cc(Cl)ccc1OCC(C)C)NC(=O)c1ccc(C=O)cc1. The van der Waals surface area contributed by atoms with Gasteiger partial charge in [0.05, 0.1) is 13.2 Å². The lowest BCUT2D eigenvalue weighted by atomic mass is 10.1. The largest absolute Gasteiger partial charge is 0.493 e. The number of benzene rings is 2. The summed E-state index contributed by atoms with van der Waals surface area (Å²) in [5.41, 5.74) is 4.75. The molecule has 0 unspecified atom stereocenters. The van der Waals surface area contributed by atoms with E-state index in [1.807, 2.05) is 19.1 Å². The lowest BCUT2D eigenvalue weighted by Crippen LogP contribution is -2.30. The van der Waals surface area contributed by atoms with Gasteiger partial charge in [0.25, 0.3) is 5.91 Å². The third-order valence-corrected chi connectivity index (χ3v) is 4.17. The van der Waals surface area contributed by atoms with Crippen molar-refractivity contribution in [2.75, 3.05) is 6.61 Å². The van der Waals surface area contributed by atoms with Crippen molar-refractivity contribution in [1.29, 1.82) is 0 Å². The number of hydrazone groups is 1. The van der Waals surface area contributed by atoms with Gasteiger partial charge in [-0.05, 0) is 49.2 Å². The summed E-state index contributed by atoms with van der Waals surface area (Å²) < 4.78 is 5.84. The van der Waals surface area contributed by atoms with Crippen LogP contribution in [0.4, 0.5) is 0 Å². The molecule has 0 saturated carbocycles. The Bertz CT molecular complexity index is 922. The van der Waals surface area contributed by atoms with Crippen molar-refractivity contribution < 1.29 is 14.3 Å². The Labute approximate surface area is 182 Å². The Hall–Kier alpha value is -3.12. The minimum Gasteiger partial charge on any atom is -0.493 e. The molecule has 2 aromatic rings. The van der Waals surface area contributed by atoms with Crippen LogP contribution in [-0.2, 0) is 6.54 Å². The molecule has 0 saturated heterocycles. The first kappa shape index (κ1) is 23.2. The van der Waals surface area contributed by atoms with Gasteiger partial charge in [-0.25, -0.2) is 0 Å². The molecule has 2 aromatic carbocycles. The molecule has 0 fully saturated rings. The quantitative estimate of drug-likeness (QED) is 0.265. The molecule has 6 nitrogen and oxygen atoms in total. The van der Waals surface area contributed by atoms with Crippen LogP contribution < -0.4 is 15.5 Å². The van der Waals surface area contributed by atoms with Gasteiger partial charge in [0.15, 0.2) is 5.84 Å². The second-order valence-electron chi connectivity index (χ2n) is 6.98. The fourth-order valence-electron chi connectivity index (χ4n) is 2.46. The van der Waals surface area contributed by atoms with Crippen molar-refractivity contribution in [3.8, 4) is 5.75 Å². The van der Waals surface area contributed by atoms with E-state index in [0.29, 0.717) is 41.1 Å². The molecule has 30 heavy (non-hydrogen) atoms. The summed E-state index contributed by atoms with van der Waals surface area (Å²) >= 11 is 6.12. The number of aldehydes is 1. The number of carbonyl (C=O) groups is 2. The standard InChI is InChI=1S/C23H26ClN3O3/c1-4-5-22(26-23(29)18-8-6-17(14-28)7-9-18)27-25-13-19-12-20(24)10-11-21(19)30-15-16(2)3/h4-12,14,16,25H,13,15H2,1-3H3,(H,26,27,29)/b5-4+. The van der Waals surface area contributed by atoms with Crippen LogP contribution in [0.15, 0.2) is 59.7 Å². The number of nitrogens with one attached hydrogen (secondary N) is 2. The fraction of sp³-hybridized carbons (Fsp3) is 0.261. The summed E-state index contributed by atoms with van der Waals surface area (Å²) in [4.78, 5) is 23.2. The van der Waals surface area contributed by atoms with Gasteiger partial charge in [-0.15, -0.1) is 0 Å². The molecule has 0 aliphatic rings. The number of hydrogen-bond acceptors (Lipinski definition) is 5. The number of amidine groups is 1. The van der Waals surface area contributed by atoms with Gasteiger partial charge >= 0.3 is 0 Å². The number of hydrogen-bond donors (Lipinski definition) is 2. The van der Waals surface area contributed by atoms with E-state index in [4.69, 9.17) is 16.3 Å². The number of rotatable bonds is 9. The van der Waals surface area contributed by atoms with E-state index in [1.54, 1.807) is 42.5 Å². The minimum absolute atomic E-state index is 0.324. The third-order valence-electron chi connectivity index (χ3n) is 3.94. The topological polar surface area (TPSA) is 79.8 Å². The van der Waals surface area contributed by atoms with Crippen LogP contribution >= 0.6 is 11.6 Å². The monoisotopic (exact) mass is 427 g/mol. The van der Waals surface area contributed by atoms with Crippen LogP contribution in [0.25, 0.3) is 0 Å². The summed E-state index contributed by atoms with van der Waals surface area (Å²) in [5.74, 6) is 1.17. The van der Waals surface area contributed by atoms with Gasteiger partial charge < -0.3 is 15.5 Å². The van der Waals surface area contributed by atoms with E-state index >= 15 is 0 Å². The van der Waals surface area contributed by atoms with Crippen LogP contribution in [0.2, 0.25) is 5.02 Å². The highest BCUT2D eigenvalue weighted by atomic mass is 35.5. The molecule has 0 aromatic heterocycles. The molecular formula is C23H26ClN3O3. The molecule has 2 rings (SSSR count). The van der Waals surface area contributed by atoms with Crippen LogP contribution in [0.1, 0.15) is 47.1 Å². The highest BCUT2D eigenvalue weighted by Gasteiger charge is 2.09. The van der Waals surface area contributed by atoms with E-state index in [-0.39, 0.29) is 5.91 Å². The Morgan fingerprint density at radius 1 is 1.20 bits per heavy atom. The summed E-state index contributed by atoms with van der Waals surface area (Å²) in [6.45, 7) is 6.96. The van der Waals surface area contributed by atoms with Crippen molar-refractivity contribution in [2.24, 2.45) is 11.0 Å². The number of halogens is 1. The third kappa shape index (κ3) is 7.37. The summed E-state index contributed by atoms with van der Waals surface area (Å²) in [6.07, 6.45) is 4.18. The van der Waals surface area contributed by atoms with Gasteiger partial charge in [-0.2, -0.15) is 5.10 Å². The van der Waals surface area contributed by atoms with Crippen LogP contribution in [0.3, 0.4) is 0 Å². The first-order valence-electron chi connectivity index (χ1n) is 9.64. The Kier molecular flexibility index (Phi) is 9.09. The molecule has 158 valence electrons. The molecule has 0 aliphatic carbocycles. The smallest absolute Gasteiger partial charge is 0.256 e. The molecule has 0 aliphatic heterocycles. The van der Waals surface area contributed by atoms with Gasteiger partial charge in [0.1, 0.15) is 12.0 Å². The molecule has 1 amide bonds. The molecule has 0 heterocycles. The number of carbonyl (C=O) groups excluding carboxylic acids is 2. The zero-order chi connectivity index (χ0) is 21.9. The Balaban J connectivity index is 2.06. The normalized spacial score (nSPS) is 11.6. The Morgan fingerprint density at radius 3 is 2.57 bits per heavy atom. The minimum atomic E-state index is -0.324. The average Bonchev–Trinajstić information content (AvgIpc) is 2.73. The first-order chi connectivity index (χ1) is 14.4. The van der Waals surface area contributed by atoms with E-state index in [9.17, 15) is 9.59 Å². The van der Waals surface area contributed by atoms with Crippen LogP contribution in [-0.4, -0.2) is 24.6 Å². The maximum absolute atomic E-state index is 12.4. The van der Waals surface area contributed by atoms with Crippen molar-refractivity contribution in [1.82, 2.24) is 10.7 Å². The number of allylic oxidation sites excluding steroid dienone is 1. The molecule has 0 spiro atoms. The van der Waals surface area contributed by atoms with E-state index < -0.39 is 0 Å². The zero-order valence-electron chi connectivity index (χ0n) is 17.3. The Morgan fingerprint density at radius 2 is 1.93 bits per heavy atom. The van der Waals surface area contributed by atoms with Gasteiger partial charge in [-0.1, -0.05) is 43.7 Å². The van der Waals surface area contributed by atoms with E-state index in [1.165, 1.54) is 0 Å². The summed E-state index contributed by atoms with van der Waals surface area (Å²) in [5, 5.41) is 7.61. The summed E-state index contributed by atoms with van der Waals surface area (Å²) in [7, 11) is 0. The summed E-state index contributed by atoms with van der Waals surface area (Å²) in [6, 6.07) is 11.8. The van der Waals surface area contributed by atoms with Gasteiger partial charge in [0.2, 0.25) is 0 Å². The molecule has 7 heteroatoms. The number of amides is 1. The van der Waals surface area contributed by atoms with E-state index in [2.05, 4.69) is 29.7 Å². The van der Waals surface area contributed by atoms with Crippen LogP contribution in [0.5, 0.6) is 5.75 Å². The highest BCUT2D eigenvalue weighted by molar-refractivity contribution is 6.30. The highest BCUT2D eigenvalue weighted by Crippen LogP contribution is 2.23. The molecule has 0 atom stereocenters. The van der Waals surface area contributed by atoms with Crippen molar-refractivity contribution >= 4 is 29.6 Å². The lowest BCUT2D eigenvalue weighted by molar-refractivity contribution is 0.0976. The molecule has 0 radical (unpaired) electrons. The molecule has 0 bridgehead atoms. The van der Waals surface area contributed by atoms with Gasteiger partial charge in [-0.3, -0.25) is 9.59 Å². The van der Waals surface area contributed by atoms with Crippen molar-refractivity contribution in [2.45, 2.75) is 27.3 Å². The number of nitrogens with zero attached hydrogens (tertiary/aromatic N) is 1. The maximum atomic E-state index is 12.4. The number of ether oxygens (including phenoxy) is 1. The maximum Gasteiger partial charge on any atom is 0.256 e. The molecular weight excluding hydrogens is 402 g/mol. The average molecular weight is 428 g/mol. The second-order valence-corrected chi connectivity index (χ2v) is 7.42.